The van der Waals surface area contributed by atoms with Crippen LogP contribution in [-0.2, 0) is 4.74 Å². The standard InChI is InChI=1S/C17H22Cl2N2O3/c1-12(18)16(24-15-7-5-4-6-14(15)22-3)17(19)20-13(2)21-8-10-23-11-9-21/h4-7,13H,8-11H2,1-3H3/b16-12-,20-17+. The third-order valence-electron chi connectivity index (χ3n) is 3.66. The van der Waals surface area contributed by atoms with Gasteiger partial charge >= 0.3 is 0 Å². The van der Waals surface area contributed by atoms with E-state index in [0.717, 1.165) is 13.1 Å². The fourth-order valence-corrected chi connectivity index (χ4v) is 2.82. The molecule has 1 aliphatic heterocycles. The van der Waals surface area contributed by atoms with Crippen LogP contribution < -0.4 is 9.47 Å². The fourth-order valence-electron chi connectivity index (χ4n) is 2.32. The van der Waals surface area contributed by atoms with Crippen molar-refractivity contribution in [2.75, 3.05) is 33.4 Å². The van der Waals surface area contributed by atoms with Crippen molar-refractivity contribution in [3.05, 3.63) is 35.1 Å². The minimum Gasteiger partial charge on any atom is -0.493 e. The van der Waals surface area contributed by atoms with Crippen LogP contribution in [-0.4, -0.2) is 49.6 Å². The van der Waals surface area contributed by atoms with E-state index < -0.39 is 0 Å². The number of hydrogen-bond donors (Lipinski definition) is 0. The summed E-state index contributed by atoms with van der Waals surface area (Å²) in [6, 6.07) is 7.30. The Hall–Kier alpha value is -1.27. The highest BCUT2D eigenvalue weighted by molar-refractivity contribution is 6.70. The zero-order valence-electron chi connectivity index (χ0n) is 14.1. The summed E-state index contributed by atoms with van der Waals surface area (Å²) >= 11 is 12.6. The Morgan fingerprint density at radius 2 is 1.83 bits per heavy atom. The maximum absolute atomic E-state index is 6.39. The van der Waals surface area contributed by atoms with Crippen molar-refractivity contribution in [2.24, 2.45) is 4.99 Å². The number of para-hydroxylation sites is 2. The van der Waals surface area contributed by atoms with Gasteiger partial charge in [0.05, 0.1) is 25.4 Å². The molecule has 0 spiro atoms. The molecule has 1 aliphatic rings. The molecule has 1 unspecified atom stereocenters. The van der Waals surface area contributed by atoms with Crippen molar-refractivity contribution >= 4 is 28.4 Å². The van der Waals surface area contributed by atoms with Crippen molar-refractivity contribution in [3.8, 4) is 11.5 Å². The summed E-state index contributed by atoms with van der Waals surface area (Å²) in [4.78, 5) is 6.71. The highest BCUT2D eigenvalue weighted by Gasteiger charge is 2.19. The molecule has 0 N–H and O–H groups in total. The number of ether oxygens (including phenoxy) is 3. The van der Waals surface area contributed by atoms with E-state index in [1.807, 2.05) is 19.1 Å². The second-order valence-electron chi connectivity index (χ2n) is 5.32. The predicted octanol–water partition coefficient (Wildman–Crippen LogP) is 3.86. The average Bonchev–Trinajstić information content (AvgIpc) is 2.60. The maximum Gasteiger partial charge on any atom is 0.178 e. The Kier molecular flexibility index (Phi) is 7.37. The highest BCUT2D eigenvalue weighted by Crippen LogP contribution is 2.30. The molecule has 0 radical (unpaired) electrons. The van der Waals surface area contributed by atoms with E-state index in [2.05, 4.69) is 9.89 Å². The molecule has 0 bridgehead atoms. The molecule has 1 heterocycles. The summed E-state index contributed by atoms with van der Waals surface area (Å²) in [6.45, 7) is 6.74. The van der Waals surface area contributed by atoms with E-state index in [0.29, 0.717) is 35.5 Å². The minimum absolute atomic E-state index is 0.0892. The zero-order valence-corrected chi connectivity index (χ0v) is 15.6. The van der Waals surface area contributed by atoms with Crippen LogP contribution in [0.3, 0.4) is 0 Å². The number of rotatable bonds is 6. The Labute approximate surface area is 152 Å². The first-order chi connectivity index (χ1) is 11.5. The van der Waals surface area contributed by atoms with Crippen LogP contribution >= 0.6 is 23.2 Å². The number of nitrogens with zero attached hydrogens (tertiary/aromatic N) is 2. The Bertz CT molecular complexity index is 610. The van der Waals surface area contributed by atoms with Crippen LogP contribution in [0.5, 0.6) is 11.5 Å². The number of aliphatic imine (C=N–C) groups is 1. The summed E-state index contributed by atoms with van der Waals surface area (Å²) in [5, 5.41) is 0.649. The van der Waals surface area contributed by atoms with Crippen LogP contribution in [0.15, 0.2) is 40.0 Å². The SMILES string of the molecule is COc1ccccc1OC(=C(/C)Cl)/C(Cl)=N\C(C)N1CCOCC1. The van der Waals surface area contributed by atoms with Crippen molar-refractivity contribution in [1.82, 2.24) is 4.90 Å². The second kappa shape index (κ2) is 9.28. The molecule has 1 aromatic carbocycles. The summed E-state index contributed by atoms with van der Waals surface area (Å²) in [5.41, 5.74) is 0. The van der Waals surface area contributed by atoms with Gasteiger partial charge in [-0.2, -0.15) is 0 Å². The van der Waals surface area contributed by atoms with Crippen LogP contribution in [0.25, 0.3) is 0 Å². The number of allylic oxidation sites excluding steroid dienone is 2. The van der Waals surface area contributed by atoms with Gasteiger partial charge in [0.15, 0.2) is 22.4 Å². The molecular weight excluding hydrogens is 351 g/mol. The van der Waals surface area contributed by atoms with Gasteiger partial charge in [-0.3, -0.25) is 9.89 Å². The number of halogens is 2. The lowest BCUT2D eigenvalue weighted by molar-refractivity contribution is 0.0220. The van der Waals surface area contributed by atoms with Gasteiger partial charge in [0, 0.05) is 13.1 Å². The zero-order chi connectivity index (χ0) is 17.5. The topological polar surface area (TPSA) is 43.3 Å². The smallest absolute Gasteiger partial charge is 0.178 e. The first-order valence-corrected chi connectivity index (χ1v) is 8.51. The quantitative estimate of drug-likeness (QED) is 0.561. The van der Waals surface area contributed by atoms with Gasteiger partial charge in [0.25, 0.3) is 0 Å². The van der Waals surface area contributed by atoms with E-state index >= 15 is 0 Å². The molecule has 0 saturated carbocycles. The monoisotopic (exact) mass is 372 g/mol. The Balaban J connectivity index is 2.17. The number of hydrogen-bond acceptors (Lipinski definition) is 5. The summed E-state index contributed by atoms with van der Waals surface area (Å²) in [6.07, 6.45) is -0.0892. The molecular formula is C17H22Cl2N2O3. The van der Waals surface area contributed by atoms with Gasteiger partial charge in [-0.05, 0) is 26.0 Å². The first-order valence-electron chi connectivity index (χ1n) is 7.75. The molecule has 24 heavy (non-hydrogen) atoms. The molecule has 0 aliphatic carbocycles. The van der Waals surface area contributed by atoms with E-state index in [-0.39, 0.29) is 11.3 Å². The molecule has 1 aromatic rings. The van der Waals surface area contributed by atoms with Gasteiger partial charge < -0.3 is 14.2 Å². The van der Waals surface area contributed by atoms with E-state index in [1.54, 1.807) is 26.2 Å². The Morgan fingerprint density at radius 1 is 1.21 bits per heavy atom. The molecule has 132 valence electrons. The van der Waals surface area contributed by atoms with Gasteiger partial charge in [-0.1, -0.05) is 35.3 Å². The summed E-state index contributed by atoms with van der Waals surface area (Å²) < 4.78 is 16.5. The van der Waals surface area contributed by atoms with Gasteiger partial charge in [0.2, 0.25) is 0 Å². The lowest BCUT2D eigenvalue weighted by atomic mass is 10.3. The molecule has 1 fully saturated rings. The molecule has 5 nitrogen and oxygen atoms in total. The molecule has 0 amide bonds. The molecule has 1 saturated heterocycles. The molecule has 2 rings (SSSR count). The number of methoxy groups -OCH3 is 1. The summed E-state index contributed by atoms with van der Waals surface area (Å²) in [7, 11) is 1.58. The number of morpholine rings is 1. The lowest BCUT2D eigenvalue weighted by Gasteiger charge is -2.30. The van der Waals surface area contributed by atoms with E-state index in [4.69, 9.17) is 37.4 Å². The van der Waals surface area contributed by atoms with Crippen LogP contribution in [0.1, 0.15) is 13.8 Å². The number of benzene rings is 1. The van der Waals surface area contributed by atoms with Crippen LogP contribution in [0.2, 0.25) is 0 Å². The third kappa shape index (κ3) is 5.11. The van der Waals surface area contributed by atoms with Crippen molar-refractivity contribution < 1.29 is 14.2 Å². The normalized spacial score (nSPS) is 18.8. The fraction of sp³-hybridized carbons (Fsp3) is 0.471. The predicted molar refractivity (Wildman–Crippen MR) is 97.3 cm³/mol. The largest absolute Gasteiger partial charge is 0.493 e. The van der Waals surface area contributed by atoms with Gasteiger partial charge in [0.1, 0.15) is 6.17 Å². The maximum atomic E-state index is 6.39. The van der Waals surface area contributed by atoms with E-state index in [1.165, 1.54) is 0 Å². The first kappa shape index (κ1) is 19.1. The lowest BCUT2D eigenvalue weighted by Crippen LogP contribution is -2.41. The second-order valence-corrected chi connectivity index (χ2v) is 6.24. The highest BCUT2D eigenvalue weighted by atomic mass is 35.5. The van der Waals surface area contributed by atoms with Crippen molar-refractivity contribution in [1.29, 1.82) is 0 Å². The van der Waals surface area contributed by atoms with Crippen molar-refractivity contribution in [2.45, 2.75) is 20.0 Å². The van der Waals surface area contributed by atoms with Crippen LogP contribution in [0.4, 0.5) is 0 Å². The molecule has 1 atom stereocenters. The summed E-state index contributed by atoms with van der Waals surface area (Å²) in [5.74, 6) is 1.45. The van der Waals surface area contributed by atoms with Gasteiger partial charge in [-0.15, -0.1) is 0 Å². The minimum atomic E-state index is -0.0892. The van der Waals surface area contributed by atoms with Gasteiger partial charge in [-0.25, -0.2) is 0 Å². The van der Waals surface area contributed by atoms with E-state index in [9.17, 15) is 0 Å². The Morgan fingerprint density at radius 3 is 2.42 bits per heavy atom. The van der Waals surface area contributed by atoms with Crippen LogP contribution in [0, 0.1) is 0 Å². The molecule has 7 heteroatoms. The van der Waals surface area contributed by atoms with Crippen molar-refractivity contribution in [3.63, 3.8) is 0 Å². The third-order valence-corrected chi connectivity index (χ3v) is 4.10. The molecule has 0 aromatic heterocycles. The average molecular weight is 373 g/mol.